The lowest BCUT2D eigenvalue weighted by molar-refractivity contribution is -0.141. The molecule has 0 aliphatic carbocycles. The molecule has 7 nitrogen and oxygen atoms in total. The van der Waals surface area contributed by atoms with E-state index in [1.165, 1.54) is 0 Å². The number of carbonyl (C=O) groups excluding carboxylic acids is 2. The standard InChI is InChI=1S/C22H26N2O5/c1-17-7-9-18(10-8-17)28-15-21(25)23-11-13-24(14-12-23)22(26)16-29-20-6-4-3-5-19(20)27-2/h3-10H,11-16H2,1-2H3. The number of ether oxygens (including phenoxy) is 3. The first-order chi connectivity index (χ1) is 14.1. The fraction of sp³-hybridized carbons (Fsp3) is 0.364. The Morgan fingerprint density at radius 1 is 0.793 bits per heavy atom. The number of hydrogen-bond donors (Lipinski definition) is 0. The van der Waals surface area contributed by atoms with E-state index < -0.39 is 0 Å². The number of hydrogen-bond acceptors (Lipinski definition) is 5. The van der Waals surface area contributed by atoms with E-state index in [4.69, 9.17) is 14.2 Å². The van der Waals surface area contributed by atoms with Gasteiger partial charge in [-0.2, -0.15) is 0 Å². The first kappa shape index (κ1) is 20.5. The Kier molecular flexibility index (Phi) is 6.94. The number of benzene rings is 2. The van der Waals surface area contributed by atoms with Gasteiger partial charge < -0.3 is 24.0 Å². The summed E-state index contributed by atoms with van der Waals surface area (Å²) >= 11 is 0. The van der Waals surface area contributed by atoms with E-state index in [0.29, 0.717) is 43.4 Å². The molecule has 0 atom stereocenters. The highest BCUT2D eigenvalue weighted by Gasteiger charge is 2.24. The zero-order chi connectivity index (χ0) is 20.6. The summed E-state index contributed by atoms with van der Waals surface area (Å²) in [5.74, 6) is 1.60. The molecule has 0 radical (unpaired) electrons. The zero-order valence-corrected chi connectivity index (χ0v) is 16.8. The van der Waals surface area contributed by atoms with Crippen molar-refractivity contribution in [1.29, 1.82) is 0 Å². The van der Waals surface area contributed by atoms with E-state index >= 15 is 0 Å². The molecule has 154 valence electrons. The van der Waals surface area contributed by atoms with Crippen molar-refractivity contribution >= 4 is 11.8 Å². The maximum Gasteiger partial charge on any atom is 0.260 e. The van der Waals surface area contributed by atoms with Crippen molar-refractivity contribution < 1.29 is 23.8 Å². The summed E-state index contributed by atoms with van der Waals surface area (Å²) in [6.45, 7) is 3.84. The summed E-state index contributed by atoms with van der Waals surface area (Å²) in [6.07, 6.45) is 0. The average molecular weight is 398 g/mol. The Morgan fingerprint density at radius 3 is 1.86 bits per heavy atom. The van der Waals surface area contributed by atoms with E-state index in [1.807, 2.05) is 43.3 Å². The molecule has 3 rings (SSSR count). The van der Waals surface area contributed by atoms with Crippen LogP contribution >= 0.6 is 0 Å². The second-order valence-electron chi connectivity index (χ2n) is 6.80. The lowest BCUT2D eigenvalue weighted by atomic mass is 10.2. The zero-order valence-electron chi connectivity index (χ0n) is 16.8. The normalized spacial score (nSPS) is 13.7. The van der Waals surface area contributed by atoms with Gasteiger partial charge in [0.1, 0.15) is 5.75 Å². The summed E-state index contributed by atoms with van der Waals surface area (Å²) in [4.78, 5) is 28.2. The topological polar surface area (TPSA) is 68.3 Å². The van der Waals surface area contributed by atoms with Crippen molar-refractivity contribution in [1.82, 2.24) is 9.80 Å². The quantitative estimate of drug-likeness (QED) is 0.715. The predicted octanol–water partition coefficient (Wildman–Crippen LogP) is 2.13. The smallest absolute Gasteiger partial charge is 0.260 e. The van der Waals surface area contributed by atoms with Crippen LogP contribution in [-0.2, 0) is 9.59 Å². The van der Waals surface area contributed by atoms with Crippen molar-refractivity contribution in [3.8, 4) is 17.2 Å². The van der Waals surface area contributed by atoms with Crippen LogP contribution in [0.1, 0.15) is 5.56 Å². The summed E-state index contributed by atoms with van der Waals surface area (Å²) in [6, 6.07) is 14.8. The summed E-state index contributed by atoms with van der Waals surface area (Å²) < 4.78 is 16.4. The molecule has 0 aromatic heterocycles. The molecule has 0 saturated carbocycles. The number of rotatable bonds is 7. The largest absolute Gasteiger partial charge is 0.493 e. The molecule has 1 heterocycles. The fourth-order valence-corrected chi connectivity index (χ4v) is 3.04. The van der Waals surface area contributed by atoms with Gasteiger partial charge in [-0.3, -0.25) is 9.59 Å². The van der Waals surface area contributed by atoms with E-state index in [2.05, 4.69) is 0 Å². The maximum absolute atomic E-state index is 12.4. The van der Waals surface area contributed by atoms with Gasteiger partial charge in [0.2, 0.25) is 0 Å². The van der Waals surface area contributed by atoms with E-state index in [0.717, 1.165) is 5.56 Å². The molecule has 0 N–H and O–H groups in total. The minimum Gasteiger partial charge on any atom is -0.493 e. The molecule has 0 spiro atoms. The number of carbonyl (C=O) groups is 2. The maximum atomic E-state index is 12.4. The van der Waals surface area contributed by atoms with E-state index in [9.17, 15) is 9.59 Å². The van der Waals surface area contributed by atoms with Gasteiger partial charge in [-0.05, 0) is 31.2 Å². The Labute approximate surface area is 170 Å². The van der Waals surface area contributed by atoms with Gasteiger partial charge in [0.05, 0.1) is 7.11 Å². The molecule has 0 unspecified atom stereocenters. The molecular weight excluding hydrogens is 372 g/mol. The predicted molar refractivity (Wildman–Crippen MR) is 108 cm³/mol. The highest BCUT2D eigenvalue weighted by molar-refractivity contribution is 5.80. The SMILES string of the molecule is COc1ccccc1OCC(=O)N1CCN(C(=O)COc2ccc(C)cc2)CC1. The Bertz CT molecular complexity index is 829. The van der Waals surface area contributed by atoms with Crippen molar-refractivity contribution in [3.63, 3.8) is 0 Å². The van der Waals surface area contributed by atoms with Gasteiger partial charge in [0.15, 0.2) is 24.7 Å². The van der Waals surface area contributed by atoms with Crippen LogP contribution in [0.25, 0.3) is 0 Å². The molecule has 2 amide bonds. The van der Waals surface area contributed by atoms with Crippen LogP contribution in [0.3, 0.4) is 0 Å². The van der Waals surface area contributed by atoms with Gasteiger partial charge in [0, 0.05) is 26.2 Å². The minimum atomic E-state index is -0.112. The van der Waals surface area contributed by atoms with Crippen LogP contribution in [0, 0.1) is 6.92 Å². The molecule has 1 saturated heterocycles. The number of amides is 2. The van der Waals surface area contributed by atoms with E-state index in [-0.39, 0.29) is 25.0 Å². The average Bonchev–Trinajstić information content (AvgIpc) is 2.77. The molecule has 2 aromatic rings. The molecule has 29 heavy (non-hydrogen) atoms. The molecule has 2 aromatic carbocycles. The number of nitrogens with zero attached hydrogens (tertiary/aromatic N) is 2. The van der Waals surface area contributed by atoms with Gasteiger partial charge >= 0.3 is 0 Å². The number of aryl methyl sites for hydroxylation is 1. The van der Waals surface area contributed by atoms with Crippen LogP contribution in [0.4, 0.5) is 0 Å². The number of piperazine rings is 1. The van der Waals surface area contributed by atoms with Crippen molar-refractivity contribution in [3.05, 3.63) is 54.1 Å². The summed E-state index contributed by atoms with van der Waals surface area (Å²) in [7, 11) is 1.56. The van der Waals surface area contributed by atoms with Gasteiger partial charge in [-0.1, -0.05) is 29.8 Å². The lowest BCUT2D eigenvalue weighted by Gasteiger charge is -2.34. The summed E-state index contributed by atoms with van der Waals surface area (Å²) in [5.41, 5.74) is 1.14. The second-order valence-corrected chi connectivity index (χ2v) is 6.80. The fourth-order valence-electron chi connectivity index (χ4n) is 3.04. The van der Waals surface area contributed by atoms with Crippen LogP contribution in [0.2, 0.25) is 0 Å². The Balaban J connectivity index is 1.41. The highest BCUT2D eigenvalue weighted by atomic mass is 16.5. The van der Waals surface area contributed by atoms with Crippen molar-refractivity contribution in [2.75, 3.05) is 46.5 Å². The molecule has 1 aliphatic rings. The monoisotopic (exact) mass is 398 g/mol. The molecule has 0 bridgehead atoms. The summed E-state index contributed by atoms with van der Waals surface area (Å²) in [5, 5.41) is 0. The third kappa shape index (κ3) is 5.63. The first-order valence-corrected chi connectivity index (χ1v) is 9.57. The van der Waals surface area contributed by atoms with Crippen molar-refractivity contribution in [2.45, 2.75) is 6.92 Å². The lowest BCUT2D eigenvalue weighted by Crippen LogP contribution is -2.52. The second kappa shape index (κ2) is 9.82. The third-order valence-electron chi connectivity index (χ3n) is 4.79. The molecule has 1 aliphatic heterocycles. The van der Waals surface area contributed by atoms with E-state index in [1.54, 1.807) is 29.0 Å². The molecule has 1 fully saturated rings. The highest BCUT2D eigenvalue weighted by Crippen LogP contribution is 2.25. The first-order valence-electron chi connectivity index (χ1n) is 9.57. The van der Waals surface area contributed by atoms with Crippen molar-refractivity contribution in [2.24, 2.45) is 0 Å². The third-order valence-corrected chi connectivity index (χ3v) is 4.79. The molecular formula is C22H26N2O5. The van der Waals surface area contributed by atoms with Crippen LogP contribution in [0.15, 0.2) is 48.5 Å². The molecule has 7 heteroatoms. The van der Waals surface area contributed by atoms with Crippen LogP contribution in [-0.4, -0.2) is 68.1 Å². The van der Waals surface area contributed by atoms with Gasteiger partial charge in [0.25, 0.3) is 11.8 Å². The van der Waals surface area contributed by atoms with Crippen LogP contribution in [0.5, 0.6) is 17.2 Å². The minimum absolute atomic E-state index is 0.00603. The Hall–Kier alpha value is -3.22. The number of methoxy groups -OCH3 is 1. The van der Waals surface area contributed by atoms with Crippen LogP contribution < -0.4 is 14.2 Å². The Morgan fingerprint density at radius 2 is 1.31 bits per heavy atom. The van der Waals surface area contributed by atoms with Gasteiger partial charge in [-0.15, -0.1) is 0 Å². The van der Waals surface area contributed by atoms with Gasteiger partial charge in [-0.25, -0.2) is 0 Å². The number of para-hydroxylation sites is 2.